The summed E-state index contributed by atoms with van der Waals surface area (Å²) in [5.74, 6) is -2.50. The minimum atomic E-state index is -3.97. The van der Waals surface area contributed by atoms with E-state index < -0.39 is 52.3 Å². The Morgan fingerprint density at radius 1 is 1.33 bits per heavy atom. The van der Waals surface area contributed by atoms with Crippen LogP contribution in [-0.2, 0) is 28.6 Å². The van der Waals surface area contributed by atoms with Gasteiger partial charge in [0.25, 0.3) is 16.0 Å². The molecule has 1 aliphatic rings. The Morgan fingerprint density at radius 3 is 2.24 bits per heavy atom. The van der Waals surface area contributed by atoms with Crippen molar-refractivity contribution in [2.24, 2.45) is 0 Å². The summed E-state index contributed by atoms with van der Waals surface area (Å²) in [6, 6.07) is -1.53. The number of amides is 2. The van der Waals surface area contributed by atoms with Crippen LogP contribution in [0, 0.1) is 0 Å². The van der Waals surface area contributed by atoms with Gasteiger partial charge in [-0.2, -0.15) is 8.42 Å². The molecule has 10 heteroatoms. The van der Waals surface area contributed by atoms with Gasteiger partial charge in [0.05, 0.1) is 6.26 Å². The lowest BCUT2D eigenvalue weighted by Crippen LogP contribution is -2.46. The van der Waals surface area contributed by atoms with E-state index in [2.05, 4.69) is 4.18 Å². The predicted octanol–water partition coefficient (Wildman–Crippen LogP) is -0.0482. The van der Waals surface area contributed by atoms with Crippen LogP contribution >= 0.6 is 0 Å². The van der Waals surface area contributed by atoms with E-state index in [0.29, 0.717) is 4.90 Å². The highest BCUT2D eigenvalue weighted by molar-refractivity contribution is 7.86. The van der Waals surface area contributed by atoms with Gasteiger partial charge in [-0.1, -0.05) is 0 Å². The van der Waals surface area contributed by atoms with Crippen LogP contribution in [0.2, 0.25) is 0 Å². The van der Waals surface area contributed by atoms with Crippen molar-refractivity contribution < 1.29 is 36.8 Å². The monoisotopic (exact) mass is 323 g/mol. The molecular formula is C11H17NO8S. The molecule has 0 radical (unpaired) electrons. The Hall–Kier alpha value is -1.68. The van der Waals surface area contributed by atoms with Crippen molar-refractivity contribution in [1.82, 2.24) is 4.90 Å². The first-order valence-electron chi connectivity index (χ1n) is 5.99. The minimum Gasteiger partial charge on any atom is -0.480 e. The van der Waals surface area contributed by atoms with E-state index in [1.54, 1.807) is 20.8 Å². The van der Waals surface area contributed by atoms with Gasteiger partial charge in [-0.05, 0) is 20.8 Å². The standard InChI is InChI=1S/C11H17NO8S/c1-11(2,3)19-10(16)12-6(9(14)15)5-7(8(12)13)20-21(4,17)18/h6-7H,5H2,1-4H3,(H,14,15). The molecule has 2 amide bonds. The van der Waals surface area contributed by atoms with Crippen LogP contribution in [0.4, 0.5) is 4.79 Å². The second kappa shape index (κ2) is 5.60. The molecule has 0 spiro atoms. The molecule has 0 saturated carbocycles. The van der Waals surface area contributed by atoms with Crippen molar-refractivity contribution in [3.63, 3.8) is 0 Å². The van der Waals surface area contributed by atoms with E-state index in [-0.39, 0.29) is 0 Å². The first-order chi connectivity index (χ1) is 9.32. The van der Waals surface area contributed by atoms with Crippen LogP contribution in [0.1, 0.15) is 27.2 Å². The molecule has 1 N–H and O–H groups in total. The topological polar surface area (TPSA) is 127 Å². The molecule has 0 aromatic rings. The molecule has 9 nitrogen and oxygen atoms in total. The van der Waals surface area contributed by atoms with Gasteiger partial charge in [-0.3, -0.25) is 8.98 Å². The van der Waals surface area contributed by atoms with Gasteiger partial charge in [0.2, 0.25) is 0 Å². The van der Waals surface area contributed by atoms with Crippen LogP contribution < -0.4 is 0 Å². The average molecular weight is 323 g/mol. The number of ether oxygens (including phenoxy) is 1. The van der Waals surface area contributed by atoms with Crippen molar-refractivity contribution in [2.45, 2.75) is 44.9 Å². The summed E-state index contributed by atoms with van der Waals surface area (Å²) in [5, 5.41) is 9.06. The van der Waals surface area contributed by atoms with Crippen molar-refractivity contribution in [3.8, 4) is 0 Å². The van der Waals surface area contributed by atoms with E-state index in [1.165, 1.54) is 0 Å². The van der Waals surface area contributed by atoms with Gasteiger partial charge in [-0.25, -0.2) is 14.5 Å². The average Bonchev–Trinajstić information content (AvgIpc) is 2.51. The molecule has 1 rings (SSSR count). The third kappa shape index (κ3) is 4.67. The summed E-state index contributed by atoms with van der Waals surface area (Å²) in [7, 11) is -3.97. The summed E-state index contributed by atoms with van der Waals surface area (Å²) in [5.41, 5.74) is -0.934. The van der Waals surface area contributed by atoms with Gasteiger partial charge in [-0.15, -0.1) is 0 Å². The summed E-state index contributed by atoms with van der Waals surface area (Å²) >= 11 is 0. The first-order valence-corrected chi connectivity index (χ1v) is 7.80. The van der Waals surface area contributed by atoms with Crippen molar-refractivity contribution >= 4 is 28.1 Å². The Kier molecular flexibility index (Phi) is 4.63. The molecule has 0 aromatic heterocycles. The molecule has 2 unspecified atom stereocenters. The highest BCUT2D eigenvalue weighted by atomic mass is 32.2. The summed E-state index contributed by atoms with van der Waals surface area (Å²) in [6.07, 6.45) is -2.43. The molecule has 21 heavy (non-hydrogen) atoms. The number of aliphatic carboxylic acids is 1. The Morgan fingerprint density at radius 2 is 1.86 bits per heavy atom. The van der Waals surface area contributed by atoms with Crippen molar-refractivity contribution in [2.75, 3.05) is 6.26 Å². The zero-order chi connectivity index (χ0) is 16.6. The molecule has 0 aliphatic carbocycles. The fourth-order valence-electron chi connectivity index (χ4n) is 1.75. The Labute approximate surface area is 121 Å². The fourth-order valence-corrected chi connectivity index (χ4v) is 2.33. The fraction of sp³-hybridized carbons (Fsp3) is 0.727. The quantitative estimate of drug-likeness (QED) is 0.716. The first kappa shape index (κ1) is 17.4. The number of hydrogen-bond donors (Lipinski definition) is 1. The lowest BCUT2D eigenvalue weighted by Gasteiger charge is -2.25. The smallest absolute Gasteiger partial charge is 0.417 e. The molecular weight excluding hydrogens is 306 g/mol. The molecule has 1 heterocycles. The van der Waals surface area contributed by atoms with E-state index in [9.17, 15) is 22.8 Å². The van der Waals surface area contributed by atoms with E-state index in [1.807, 2.05) is 0 Å². The number of carboxylic acids is 1. The second-order valence-corrected chi connectivity index (χ2v) is 7.17. The number of hydrogen-bond acceptors (Lipinski definition) is 7. The van der Waals surface area contributed by atoms with Crippen LogP contribution in [0.25, 0.3) is 0 Å². The maximum absolute atomic E-state index is 12.0. The Bertz CT molecular complexity index is 561. The van der Waals surface area contributed by atoms with Crippen LogP contribution in [-0.4, -0.2) is 60.4 Å². The number of carbonyl (C=O) groups is 3. The normalized spacial score (nSPS) is 23.2. The van der Waals surface area contributed by atoms with Crippen LogP contribution in [0.5, 0.6) is 0 Å². The summed E-state index contributed by atoms with van der Waals surface area (Å²) < 4.78 is 31.6. The molecule has 1 aliphatic heterocycles. The van der Waals surface area contributed by atoms with Gasteiger partial charge in [0.1, 0.15) is 11.6 Å². The number of imide groups is 1. The lowest BCUT2D eigenvalue weighted by atomic mass is 10.2. The summed E-state index contributed by atoms with van der Waals surface area (Å²) in [6.45, 7) is 4.64. The minimum absolute atomic E-state index is 0.378. The maximum Gasteiger partial charge on any atom is 0.417 e. The molecule has 1 saturated heterocycles. The molecule has 120 valence electrons. The van der Waals surface area contributed by atoms with Crippen LogP contribution in [0.3, 0.4) is 0 Å². The van der Waals surface area contributed by atoms with Crippen LogP contribution in [0.15, 0.2) is 0 Å². The molecule has 0 bridgehead atoms. The zero-order valence-corrected chi connectivity index (χ0v) is 12.8. The third-order valence-corrected chi connectivity index (χ3v) is 3.01. The van der Waals surface area contributed by atoms with Crippen molar-refractivity contribution in [1.29, 1.82) is 0 Å². The number of rotatable bonds is 3. The molecule has 0 aromatic carbocycles. The number of likely N-dealkylation sites (tertiary alicyclic amines) is 1. The van der Waals surface area contributed by atoms with Gasteiger partial charge in [0.15, 0.2) is 6.10 Å². The molecule has 2 atom stereocenters. The van der Waals surface area contributed by atoms with Crippen molar-refractivity contribution in [3.05, 3.63) is 0 Å². The van der Waals surface area contributed by atoms with Gasteiger partial charge in [0, 0.05) is 6.42 Å². The van der Waals surface area contributed by atoms with E-state index in [0.717, 1.165) is 6.26 Å². The predicted molar refractivity (Wildman–Crippen MR) is 68.8 cm³/mol. The maximum atomic E-state index is 12.0. The van der Waals surface area contributed by atoms with E-state index >= 15 is 0 Å². The van der Waals surface area contributed by atoms with E-state index in [4.69, 9.17) is 9.84 Å². The Balaban J connectivity index is 3.02. The van der Waals surface area contributed by atoms with Gasteiger partial charge < -0.3 is 9.84 Å². The largest absolute Gasteiger partial charge is 0.480 e. The number of nitrogens with zero attached hydrogens (tertiary/aromatic N) is 1. The lowest BCUT2D eigenvalue weighted by molar-refractivity contribution is -0.146. The zero-order valence-electron chi connectivity index (χ0n) is 12.0. The second-order valence-electron chi connectivity index (χ2n) is 5.57. The highest BCUT2D eigenvalue weighted by Gasteiger charge is 2.50. The number of carboxylic acid groups (broad SMARTS) is 1. The molecule has 1 fully saturated rings. The van der Waals surface area contributed by atoms with Gasteiger partial charge >= 0.3 is 12.1 Å². The summed E-state index contributed by atoms with van der Waals surface area (Å²) in [4.78, 5) is 35.4. The third-order valence-electron chi connectivity index (χ3n) is 2.43. The SMILES string of the molecule is CC(C)(C)OC(=O)N1C(=O)C(OS(C)(=O)=O)CC1C(=O)O. The number of carbonyl (C=O) groups excluding carboxylic acids is 2. The highest BCUT2D eigenvalue weighted by Crippen LogP contribution is 2.25.